The molecule has 3 rings (SSSR count). The Balaban J connectivity index is 2.10. The molecular formula is C20H22ClNO3. The van der Waals surface area contributed by atoms with Crippen molar-refractivity contribution >= 4 is 23.2 Å². The van der Waals surface area contributed by atoms with Gasteiger partial charge in [-0.1, -0.05) is 32.0 Å². The highest BCUT2D eigenvalue weighted by atomic mass is 35.5. The van der Waals surface area contributed by atoms with Gasteiger partial charge in [0.2, 0.25) is 5.91 Å². The molecule has 2 aromatic rings. The molecule has 1 N–H and O–H groups in total. The molecule has 0 saturated carbocycles. The van der Waals surface area contributed by atoms with Gasteiger partial charge in [-0.05, 0) is 42.2 Å². The van der Waals surface area contributed by atoms with Crippen LogP contribution in [-0.4, -0.2) is 23.5 Å². The number of aryl methyl sites for hydroxylation is 1. The summed E-state index contributed by atoms with van der Waals surface area (Å²) in [5.41, 5.74) is 3.30. The summed E-state index contributed by atoms with van der Waals surface area (Å²) in [7, 11) is 1.61. The quantitative estimate of drug-likeness (QED) is 0.644. The maximum absolute atomic E-state index is 12.6. The van der Waals surface area contributed by atoms with E-state index in [-0.39, 0.29) is 23.6 Å². The SMILES string of the molecule is COc1ccccc1C1C(Cl)C(=O)N1c1cc(C(C)C)c(O)cc1C. The summed E-state index contributed by atoms with van der Waals surface area (Å²) < 4.78 is 5.44. The van der Waals surface area contributed by atoms with Crippen LogP contribution in [0.5, 0.6) is 11.5 Å². The number of hydrogen-bond donors (Lipinski definition) is 1. The summed E-state index contributed by atoms with van der Waals surface area (Å²) in [4.78, 5) is 14.3. The highest BCUT2D eigenvalue weighted by Crippen LogP contribution is 2.47. The average Bonchev–Trinajstić information content (AvgIpc) is 2.59. The van der Waals surface area contributed by atoms with E-state index in [1.807, 2.05) is 51.1 Å². The van der Waals surface area contributed by atoms with E-state index >= 15 is 0 Å². The molecule has 25 heavy (non-hydrogen) atoms. The summed E-state index contributed by atoms with van der Waals surface area (Å²) in [6.07, 6.45) is 0. The number of rotatable bonds is 4. The van der Waals surface area contributed by atoms with Crippen molar-refractivity contribution < 1.29 is 14.6 Å². The molecule has 0 aliphatic carbocycles. The Kier molecular flexibility index (Phi) is 4.65. The number of amides is 1. The van der Waals surface area contributed by atoms with Gasteiger partial charge in [-0.15, -0.1) is 11.6 Å². The van der Waals surface area contributed by atoms with E-state index in [9.17, 15) is 9.90 Å². The summed E-state index contributed by atoms with van der Waals surface area (Å²) in [6.45, 7) is 5.90. The molecule has 1 saturated heterocycles. The molecule has 1 fully saturated rings. The molecular weight excluding hydrogens is 338 g/mol. The second-order valence-electron chi connectivity index (χ2n) is 6.65. The van der Waals surface area contributed by atoms with Crippen molar-refractivity contribution in [2.45, 2.75) is 38.1 Å². The summed E-state index contributed by atoms with van der Waals surface area (Å²) in [5, 5.41) is 9.56. The number of halogens is 1. The standard InChI is InChI=1S/C20H22ClNO3/c1-11(2)14-10-15(12(3)9-16(14)23)22-19(18(21)20(22)24)13-7-5-6-8-17(13)25-4/h5-11,18-19,23H,1-4H3. The van der Waals surface area contributed by atoms with Crippen molar-refractivity contribution in [1.29, 1.82) is 0 Å². The fraction of sp³-hybridized carbons (Fsp3) is 0.350. The number of para-hydroxylation sites is 1. The Morgan fingerprint density at radius 3 is 2.56 bits per heavy atom. The van der Waals surface area contributed by atoms with E-state index in [4.69, 9.17) is 16.3 Å². The van der Waals surface area contributed by atoms with Crippen LogP contribution < -0.4 is 9.64 Å². The molecule has 2 atom stereocenters. The van der Waals surface area contributed by atoms with E-state index in [0.29, 0.717) is 5.75 Å². The minimum absolute atomic E-state index is 0.138. The van der Waals surface area contributed by atoms with Gasteiger partial charge in [-0.3, -0.25) is 4.79 Å². The third kappa shape index (κ3) is 2.85. The fourth-order valence-corrected chi connectivity index (χ4v) is 3.70. The van der Waals surface area contributed by atoms with Crippen molar-refractivity contribution in [3.05, 3.63) is 53.1 Å². The number of benzene rings is 2. The zero-order valence-corrected chi connectivity index (χ0v) is 15.5. The number of nitrogens with zero attached hydrogens (tertiary/aromatic N) is 1. The van der Waals surface area contributed by atoms with Gasteiger partial charge in [-0.25, -0.2) is 0 Å². The van der Waals surface area contributed by atoms with Crippen LogP contribution in [0.15, 0.2) is 36.4 Å². The molecule has 2 unspecified atom stereocenters. The van der Waals surface area contributed by atoms with Crippen molar-refractivity contribution in [2.24, 2.45) is 0 Å². The molecule has 0 aromatic heterocycles. The Morgan fingerprint density at radius 1 is 1.24 bits per heavy atom. The van der Waals surface area contributed by atoms with Gasteiger partial charge in [-0.2, -0.15) is 0 Å². The molecule has 0 bridgehead atoms. The summed E-state index contributed by atoms with van der Waals surface area (Å²) in [6, 6.07) is 10.9. The maximum atomic E-state index is 12.6. The lowest BCUT2D eigenvalue weighted by atomic mass is 9.89. The Labute approximate surface area is 153 Å². The lowest BCUT2D eigenvalue weighted by Gasteiger charge is -2.45. The topological polar surface area (TPSA) is 49.8 Å². The number of aromatic hydroxyl groups is 1. The second-order valence-corrected chi connectivity index (χ2v) is 7.12. The molecule has 2 aromatic carbocycles. The summed E-state index contributed by atoms with van der Waals surface area (Å²) in [5.74, 6) is 0.963. The predicted molar refractivity (Wildman–Crippen MR) is 99.8 cm³/mol. The number of phenolic OH excluding ortho intramolecular Hbond substituents is 1. The van der Waals surface area contributed by atoms with Crippen LogP contribution in [0.1, 0.15) is 42.5 Å². The van der Waals surface area contributed by atoms with Gasteiger partial charge in [0, 0.05) is 11.3 Å². The van der Waals surface area contributed by atoms with Crippen LogP contribution in [0.2, 0.25) is 0 Å². The van der Waals surface area contributed by atoms with Gasteiger partial charge in [0.25, 0.3) is 0 Å². The van der Waals surface area contributed by atoms with Crippen LogP contribution in [0, 0.1) is 6.92 Å². The molecule has 132 valence electrons. The first kappa shape index (κ1) is 17.6. The van der Waals surface area contributed by atoms with E-state index in [1.54, 1.807) is 18.1 Å². The highest BCUT2D eigenvalue weighted by Gasteiger charge is 2.49. The van der Waals surface area contributed by atoms with Crippen molar-refractivity contribution in [2.75, 3.05) is 12.0 Å². The van der Waals surface area contributed by atoms with Gasteiger partial charge in [0.15, 0.2) is 0 Å². The summed E-state index contributed by atoms with van der Waals surface area (Å²) >= 11 is 6.36. The van der Waals surface area contributed by atoms with Crippen molar-refractivity contribution in [3.63, 3.8) is 0 Å². The van der Waals surface area contributed by atoms with E-state index in [2.05, 4.69) is 0 Å². The van der Waals surface area contributed by atoms with Gasteiger partial charge in [0.1, 0.15) is 16.9 Å². The number of phenols is 1. The number of anilines is 1. The minimum Gasteiger partial charge on any atom is -0.508 e. The van der Waals surface area contributed by atoms with Crippen LogP contribution in [-0.2, 0) is 4.79 Å². The molecule has 4 nitrogen and oxygen atoms in total. The van der Waals surface area contributed by atoms with E-state index in [0.717, 1.165) is 22.4 Å². The van der Waals surface area contributed by atoms with Crippen LogP contribution in [0.4, 0.5) is 5.69 Å². The monoisotopic (exact) mass is 359 g/mol. The smallest absolute Gasteiger partial charge is 0.248 e. The average molecular weight is 360 g/mol. The molecule has 0 spiro atoms. The first-order valence-corrected chi connectivity index (χ1v) is 8.74. The molecule has 1 amide bonds. The van der Waals surface area contributed by atoms with Gasteiger partial charge >= 0.3 is 0 Å². The van der Waals surface area contributed by atoms with Crippen molar-refractivity contribution in [1.82, 2.24) is 0 Å². The largest absolute Gasteiger partial charge is 0.508 e. The Morgan fingerprint density at radius 2 is 1.92 bits per heavy atom. The zero-order valence-electron chi connectivity index (χ0n) is 14.8. The molecule has 1 aliphatic rings. The number of alkyl halides is 1. The van der Waals surface area contributed by atoms with Gasteiger partial charge < -0.3 is 14.7 Å². The third-order valence-corrected chi connectivity index (χ3v) is 5.14. The van der Waals surface area contributed by atoms with Crippen LogP contribution in [0.25, 0.3) is 0 Å². The molecule has 1 heterocycles. The van der Waals surface area contributed by atoms with Crippen molar-refractivity contribution in [3.8, 4) is 11.5 Å². The number of carbonyl (C=O) groups excluding carboxylic acids is 1. The number of hydrogen-bond acceptors (Lipinski definition) is 3. The number of carbonyl (C=O) groups is 1. The zero-order chi connectivity index (χ0) is 18.3. The van der Waals surface area contributed by atoms with E-state index in [1.165, 1.54) is 0 Å². The number of β-lactam (4-membered cyclic amide) rings is 1. The predicted octanol–water partition coefficient (Wildman–Crippen LogP) is 4.53. The number of ether oxygens (including phenoxy) is 1. The number of methoxy groups -OCH3 is 1. The lowest BCUT2D eigenvalue weighted by molar-refractivity contribution is -0.123. The normalized spacial score (nSPS) is 19.9. The van der Waals surface area contributed by atoms with Crippen LogP contribution >= 0.6 is 11.6 Å². The van der Waals surface area contributed by atoms with Gasteiger partial charge in [0.05, 0.1) is 13.2 Å². The second kappa shape index (κ2) is 6.60. The Hall–Kier alpha value is -2.20. The molecule has 0 radical (unpaired) electrons. The Bertz CT molecular complexity index is 819. The lowest BCUT2D eigenvalue weighted by Crippen LogP contribution is -2.56. The minimum atomic E-state index is -0.632. The van der Waals surface area contributed by atoms with Crippen LogP contribution in [0.3, 0.4) is 0 Å². The molecule has 5 heteroatoms. The van der Waals surface area contributed by atoms with E-state index < -0.39 is 5.38 Å². The third-order valence-electron chi connectivity index (χ3n) is 4.71. The maximum Gasteiger partial charge on any atom is 0.248 e. The highest BCUT2D eigenvalue weighted by molar-refractivity contribution is 6.37. The first-order valence-electron chi connectivity index (χ1n) is 8.30. The fourth-order valence-electron chi connectivity index (χ4n) is 3.35. The first-order chi connectivity index (χ1) is 11.9. The molecule has 1 aliphatic heterocycles.